The molecule has 10 heteroatoms. The van der Waals surface area contributed by atoms with E-state index < -0.39 is 34.9 Å². The van der Waals surface area contributed by atoms with Gasteiger partial charge < -0.3 is 14.8 Å². The predicted octanol–water partition coefficient (Wildman–Crippen LogP) is 4.04. The van der Waals surface area contributed by atoms with Gasteiger partial charge >= 0.3 is 5.97 Å². The number of benzene rings is 2. The minimum absolute atomic E-state index is 0.0244. The second-order valence-electron chi connectivity index (χ2n) is 5.99. The Morgan fingerprint density at radius 3 is 2.69 bits per heavy atom. The van der Waals surface area contributed by atoms with E-state index in [9.17, 15) is 24.1 Å². The lowest BCUT2D eigenvalue weighted by molar-refractivity contribution is -0.384. The molecule has 1 amide bonds. The van der Waals surface area contributed by atoms with Crippen LogP contribution in [-0.4, -0.2) is 30.0 Å². The van der Waals surface area contributed by atoms with Gasteiger partial charge in [0.25, 0.3) is 11.6 Å². The Bertz CT molecular complexity index is 922. The van der Waals surface area contributed by atoms with Crippen LogP contribution in [0.4, 0.5) is 15.8 Å². The van der Waals surface area contributed by atoms with Crippen molar-refractivity contribution in [2.75, 3.05) is 18.5 Å². The number of nitro benzene ring substituents is 1. The number of nitrogens with one attached hydrogen (secondary N) is 1. The van der Waals surface area contributed by atoms with Gasteiger partial charge in [0, 0.05) is 11.4 Å². The maximum Gasteiger partial charge on any atom is 0.306 e. The summed E-state index contributed by atoms with van der Waals surface area (Å²) in [6.07, 6.45) is 0.391. The number of hydrogen-bond donors (Lipinski definition) is 1. The van der Waals surface area contributed by atoms with Gasteiger partial charge in [0.1, 0.15) is 17.3 Å². The molecule has 0 aliphatic carbocycles. The van der Waals surface area contributed by atoms with Gasteiger partial charge in [-0.3, -0.25) is 19.7 Å². The molecule has 0 bridgehead atoms. The fourth-order valence-electron chi connectivity index (χ4n) is 2.28. The number of aryl methyl sites for hydroxylation is 1. The van der Waals surface area contributed by atoms with Crippen LogP contribution in [0.25, 0.3) is 0 Å². The number of rotatable bonds is 9. The van der Waals surface area contributed by atoms with E-state index in [0.29, 0.717) is 23.3 Å². The molecule has 0 fully saturated rings. The molecule has 0 unspecified atom stereocenters. The molecule has 2 rings (SSSR count). The van der Waals surface area contributed by atoms with Gasteiger partial charge in [-0.1, -0.05) is 11.6 Å². The van der Waals surface area contributed by atoms with Crippen LogP contribution in [0.1, 0.15) is 18.4 Å². The highest BCUT2D eigenvalue weighted by Crippen LogP contribution is 2.25. The number of halogens is 2. The van der Waals surface area contributed by atoms with E-state index in [4.69, 9.17) is 21.1 Å². The molecule has 2 aromatic carbocycles. The molecule has 0 heterocycles. The molecule has 0 atom stereocenters. The number of esters is 1. The van der Waals surface area contributed by atoms with Crippen molar-refractivity contribution in [1.29, 1.82) is 0 Å². The Morgan fingerprint density at radius 1 is 1.24 bits per heavy atom. The van der Waals surface area contributed by atoms with Crippen molar-refractivity contribution in [2.45, 2.75) is 19.8 Å². The Morgan fingerprint density at radius 2 is 2.00 bits per heavy atom. The summed E-state index contributed by atoms with van der Waals surface area (Å²) in [6, 6.07) is 7.92. The quantitative estimate of drug-likeness (QED) is 0.282. The fourth-order valence-corrected chi connectivity index (χ4v) is 2.40. The zero-order chi connectivity index (χ0) is 21.4. The lowest BCUT2D eigenvalue weighted by Crippen LogP contribution is -2.21. The first-order valence-corrected chi connectivity index (χ1v) is 8.92. The van der Waals surface area contributed by atoms with E-state index in [2.05, 4.69) is 5.32 Å². The Balaban J connectivity index is 1.71. The third-order valence-corrected chi connectivity index (χ3v) is 4.14. The minimum Gasteiger partial charge on any atom is -0.494 e. The van der Waals surface area contributed by atoms with E-state index in [0.717, 1.165) is 17.7 Å². The largest absolute Gasteiger partial charge is 0.494 e. The van der Waals surface area contributed by atoms with E-state index in [-0.39, 0.29) is 18.7 Å². The molecule has 29 heavy (non-hydrogen) atoms. The van der Waals surface area contributed by atoms with Crippen molar-refractivity contribution >= 4 is 34.9 Å². The molecule has 8 nitrogen and oxygen atoms in total. The van der Waals surface area contributed by atoms with Crippen LogP contribution in [0.3, 0.4) is 0 Å². The number of amides is 1. The maximum absolute atomic E-state index is 13.1. The van der Waals surface area contributed by atoms with Gasteiger partial charge in [-0.25, -0.2) is 4.39 Å². The van der Waals surface area contributed by atoms with Crippen molar-refractivity contribution in [3.05, 3.63) is 62.9 Å². The number of carbonyl (C=O) groups is 2. The normalized spacial score (nSPS) is 10.3. The van der Waals surface area contributed by atoms with Gasteiger partial charge in [-0.05, 0) is 49.2 Å². The summed E-state index contributed by atoms with van der Waals surface area (Å²) in [4.78, 5) is 33.6. The van der Waals surface area contributed by atoms with Gasteiger partial charge in [0.15, 0.2) is 6.61 Å². The molecular weight excluding hydrogens is 407 g/mol. The smallest absolute Gasteiger partial charge is 0.306 e. The zero-order valence-electron chi connectivity index (χ0n) is 15.4. The van der Waals surface area contributed by atoms with Crippen LogP contribution < -0.4 is 10.1 Å². The zero-order valence-corrected chi connectivity index (χ0v) is 16.2. The van der Waals surface area contributed by atoms with Crippen molar-refractivity contribution in [1.82, 2.24) is 0 Å². The summed E-state index contributed by atoms with van der Waals surface area (Å²) in [5.74, 6) is -1.58. The molecule has 2 aromatic rings. The van der Waals surface area contributed by atoms with Gasteiger partial charge in [0.2, 0.25) is 0 Å². The second-order valence-corrected chi connectivity index (χ2v) is 6.40. The van der Waals surface area contributed by atoms with Crippen LogP contribution in [0, 0.1) is 22.9 Å². The van der Waals surface area contributed by atoms with Gasteiger partial charge in [-0.15, -0.1) is 0 Å². The Kier molecular flexibility index (Phi) is 7.90. The molecule has 0 saturated carbocycles. The Hall–Kier alpha value is -3.20. The monoisotopic (exact) mass is 424 g/mol. The van der Waals surface area contributed by atoms with Crippen molar-refractivity contribution in [2.24, 2.45) is 0 Å². The number of nitro groups is 1. The summed E-state index contributed by atoms with van der Waals surface area (Å²) in [5.41, 5.74) is 0.0827. The van der Waals surface area contributed by atoms with Crippen molar-refractivity contribution in [3.63, 3.8) is 0 Å². The lowest BCUT2D eigenvalue weighted by atomic mass is 10.2. The first kappa shape index (κ1) is 22.1. The number of ether oxygens (including phenoxy) is 2. The third-order valence-electron chi connectivity index (χ3n) is 3.72. The summed E-state index contributed by atoms with van der Waals surface area (Å²) in [6.45, 7) is 1.49. The van der Waals surface area contributed by atoms with Crippen LogP contribution >= 0.6 is 11.6 Å². The lowest BCUT2D eigenvalue weighted by Gasteiger charge is -2.09. The summed E-state index contributed by atoms with van der Waals surface area (Å²) in [7, 11) is 0. The van der Waals surface area contributed by atoms with E-state index in [1.165, 1.54) is 0 Å². The molecule has 0 aliphatic rings. The Labute approximate surface area is 170 Å². The third kappa shape index (κ3) is 7.04. The summed E-state index contributed by atoms with van der Waals surface area (Å²) in [5, 5.41) is 13.7. The maximum atomic E-state index is 13.1. The van der Waals surface area contributed by atoms with Crippen molar-refractivity contribution in [3.8, 4) is 5.75 Å². The molecule has 0 spiro atoms. The number of nitrogens with zero attached hydrogens (tertiary/aromatic N) is 1. The fraction of sp³-hybridized carbons (Fsp3) is 0.263. The highest BCUT2D eigenvalue weighted by Gasteiger charge is 2.17. The predicted molar refractivity (Wildman–Crippen MR) is 104 cm³/mol. The molecule has 1 N–H and O–H groups in total. The van der Waals surface area contributed by atoms with Crippen LogP contribution in [0.15, 0.2) is 36.4 Å². The highest BCUT2D eigenvalue weighted by atomic mass is 35.5. The highest BCUT2D eigenvalue weighted by molar-refractivity contribution is 6.31. The van der Waals surface area contributed by atoms with E-state index in [1.807, 2.05) is 6.92 Å². The molecule has 0 aromatic heterocycles. The molecule has 0 saturated heterocycles. The first-order valence-electron chi connectivity index (χ1n) is 8.54. The molecule has 0 radical (unpaired) electrons. The number of carbonyl (C=O) groups excluding carboxylic acids is 2. The average Bonchev–Trinajstić information content (AvgIpc) is 2.67. The molecular formula is C19H18ClFN2O6. The van der Waals surface area contributed by atoms with Crippen molar-refractivity contribution < 1.29 is 28.4 Å². The summed E-state index contributed by atoms with van der Waals surface area (Å²) < 4.78 is 23.4. The standard InChI is InChI=1S/C19H18ClFN2O6/c1-12-9-14(5-6-15(12)20)28-8-2-3-19(25)29-11-18(24)22-16-7-4-13(21)10-17(16)23(26)27/h4-7,9-10H,2-3,8,11H2,1H3,(H,22,24). The van der Waals surface area contributed by atoms with Gasteiger partial charge in [0.05, 0.1) is 17.6 Å². The first-order chi connectivity index (χ1) is 13.8. The minimum atomic E-state index is -0.827. The van der Waals surface area contributed by atoms with E-state index in [1.54, 1.807) is 18.2 Å². The van der Waals surface area contributed by atoms with Gasteiger partial charge in [-0.2, -0.15) is 0 Å². The van der Waals surface area contributed by atoms with Crippen LogP contribution in [0.2, 0.25) is 5.02 Å². The topological polar surface area (TPSA) is 108 Å². The SMILES string of the molecule is Cc1cc(OCCCC(=O)OCC(=O)Nc2ccc(F)cc2[N+](=O)[O-])ccc1Cl. The summed E-state index contributed by atoms with van der Waals surface area (Å²) >= 11 is 5.93. The second kappa shape index (κ2) is 10.4. The molecule has 154 valence electrons. The number of hydrogen-bond acceptors (Lipinski definition) is 6. The average molecular weight is 425 g/mol. The van der Waals surface area contributed by atoms with Crippen LogP contribution in [0.5, 0.6) is 5.75 Å². The number of anilines is 1. The molecule has 0 aliphatic heterocycles. The van der Waals surface area contributed by atoms with E-state index >= 15 is 0 Å². The van der Waals surface area contributed by atoms with Crippen LogP contribution in [-0.2, 0) is 14.3 Å².